The second-order valence-electron chi connectivity index (χ2n) is 2.81. The highest BCUT2D eigenvalue weighted by atomic mass is 79.9. The molecular formula is C9H8BrN3O2. The quantitative estimate of drug-likeness (QED) is 0.779. The molecular weight excluding hydrogens is 262 g/mol. The molecule has 0 radical (unpaired) electrons. The number of aromatic nitrogens is 3. The summed E-state index contributed by atoms with van der Waals surface area (Å²) in [4.78, 5) is 11.6. The van der Waals surface area contributed by atoms with Crippen molar-refractivity contribution in [2.75, 3.05) is 6.61 Å². The molecule has 2 aromatic heterocycles. The Labute approximate surface area is 94.2 Å². The van der Waals surface area contributed by atoms with Gasteiger partial charge in [0.05, 0.1) is 11.1 Å². The molecule has 5 nitrogen and oxygen atoms in total. The zero-order chi connectivity index (χ0) is 10.8. The van der Waals surface area contributed by atoms with Gasteiger partial charge in [-0.2, -0.15) is 0 Å². The fourth-order valence-corrected chi connectivity index (χ4v) is 1.66. The van der Waals surface area contributed by atoms with Gasteiger partial charge in [0, 0.05) is 0 Å². The molecule has 0 bridgehead atoms. The van der Waals surface area contributed by atoms with Crippen LogP contribution in [0, 0.1) is 0 Å². The van der Waals surface area contributed by atoms with Crippen molar-refractivity contribution in [1.82, 2.24) is 14.6 Å². The van der Waals surface area contributed by atoms with E-state index in [-0.39, 0.29) is 5.97 Å². The number of rotatable bonds is 2. The second-order valence-corrected chi connectivity index (χ2v) is 3.67. The van der Waals surface area contributed by atoms with E-state index in [1.165, 1.54) is 6.33 Å². The Morgan fingerprint density at radius 1 is 1.60 bits per heavy atom. The van der Waals surface area contributed by atoms with Crippen LogP contribution in [0.5, 0.6) is 0 Å². The Balaban J connectivity index is 2.57. The number of pyridine rings is 1. The van der Waals surface area contributed by atoms with Crippen molar-refractivity contribution in [3.63, 3.8) is 0 Å². The zero-order valence-electron chi connectivity index (χ0n) is 7.98. The lowest BCUT2D eigenvalue weighted by Crippen LogP contribution is -2.09. The fraction of sp³-hybridized carbons (Fsp3) is 0.222. The molecule has 6 heteroatoms. The number of ether oxygens (including phenoxy) is 1. The highest BCUT2D eigenvalue weighted by Gasteiger charge is 2.13. The van der Waals surface area contributed by atoms with Gasteiger partial charge in [-0.15, -0.1) is 10.2 Å². The number of nitrogens with zero attached hydrogens (tertiary/aromatic N) is 3. The van der Waals surface area contributed by atoms with Crippen LogP contribution in [0.1, 0.15) is 17.4 Å². The summed E-state index contributed by atoms with van der Waals surface area (Å²) in [5.74, 6) is -0.380. The van der Waals surface area contributed by atoms with Crippen LogP contribution in [-0.2, 0) is 4.74 Å². The van der Waals surface area contributed by atoms with E-state index in [1.807, 2.05) is 0 Å². The summed E-state index contributed by atoms with van der Waals surface area (Å²) in [5.41, 5.74) is 1.01. The van der Waals surface area contributed by atoms with E-state index in [2.05, 4.69) is 26.1 Å². The highest BCUT2D eigenvalue weighted by Crippen LogP contribution is 2.17. The molecule has 0 aliphatic rings. The number of carbonyl (C=O) groups excluding carboxylic acids is 1. The largest absolute Gasteiger partial charge is 0.461 e. The van der Waals surface area contributed by atoms with Gasteiger partial charge in [-0.1, -0.05) is 0 Å². The predicted octanol–water partition coefficient (Wildman–Crippen LogP) is 1.67. The van der Waals surface area contributed by atoms with Gasteiger partial charge in [0.2, 0.25) is 0 Å². The Hall–Kier alpha value is -1.43. The molecule has 0 unspecified atom stereocenters. The lowest BCUT2D eigenvalue weighted by molar-refractivity contribution is 0.0517. The van der Waals surface area contributed by atoms with Crippen LogP contribution < -0.4 is 0 Å². The number of esters is 1. The van der Waals surface area contributed by atoms with Gasteiger partial charge in [0.1, 0.15) is 12.0 Å². The Morgan fingerprint density at radius 2 is 2.40 bits per heavy atom. The third-order valence-electron chi connectivity index (χ3n) is 1.89. The number of fused-ring (bicyclic) bond motifs is 1. The highest BCUT2D eigenvalue weighted by molar-refractivity contribution is 9.10. The van der Waals surface area contributed by atoms with Crippen molar-refractivity contribution in [2.45, 2.75) is 6.92 Å². The first-order chi connectivity index (χ1) is 7.24. The maximum absolute atomic E-state index is 11.6. The van der Waals surface area contributed by atoms with Crippen LogP contribution in [0.2, 0.25) is 0 Å². The third kappa shape index (κ3) is 1.72. The molecule has 0 atom stereocenters. The summed E-state index contributed by atoms with van der Waals surface area (Å²) < 4.78 is 7.29. The SMILES string of the molecule is CCOC(=O)c1ccc(Br)c2nncn12. The summed E-state index contributed by atoms with van der Waals surface area (Å²) in [7, 11) is 0. The van der Waals surface area contributed by atoms with Crippen molar-refractivity contribution >= 4 is 27.5 Å². The van der Waals surface area contributed by atoms with Crippen LogP contribution in [0.4, 0.5) is 0 Å². The molecule has 0 amide bonds. The molecule has 0 saturated heterocycles. The van der Waals surface area contributed by atoms with Gasteiger partial charge in [0.25, 0.3) is 0 Å². The zero-order valence-corrected chi connectivity index (χ0v) is 9.56. The van der Waals surface area contributed by atoms with Crippen molar-refractivity contribution in [1.29, 1.82) is 0 Å². The first-order valence-corrected chi connectivity index (χ1v) is 5.18. The Bertz CT molecular complexity index is 509. The van der Waals surface area contributed by atoms with Crippen molar-refractivity contribution in [3.05, 3.63) is 28.6 Å². The van der Waals surface area contributed by atoms with E-state index in [4.69, 9.17) is 4.74 Å². The fourth-order valence-electron chi connectivity index (χ4n) is 1.25. The molecule has 2 rings (SSSR count). The average Bonchev–Trinajstić information content (AvgIpc) is 2.68. The molecule has 0 saturated carbocycles. The van der Waals surface area contributed by atoms with Crippen molar-refractivity contribution < 1.29 is 9.53 Å². The number of hydrogen-bond donors (Lipinski definition) is 0. The van der Waals surface area contributed by atoms with Crippen molar-refractivity contribution in [3.8, 4) is 0 Å². The molecule has 0 aliphatic heterocycles. The average molecular weight is 270 g/mol. The lowest BCUT2D eigenvalue weighted by atomic mass is 10.3. The van der Waals surface area contributed by atoms with E-state index in [1.54, 1.807) is 23.5 Å². The maximum Gasteiger partial charge on any atom is 0.355 e. The topological polar surface area (TPSA) is 56.5 Å². The smallest absolute Gasteiger partial charge is 0.355 e. The third-order valence-corrected chi connectivity index (χ3v) is 2.51. The summed E-state index contributed by atoms with van der Waals surface area (Å²) in [5, 5.41) is 7.62. The first-order valence-electron chi connectivity index (χ1n) is 4.39. The molecule has 0 N–H and O–H groups in total. The van der Waals surface area contributed by atoms with Gasteiger partial charge in [-0.3, -0.25) is 4.40 Å². The summed E-state index contributed by atoms with van der Waals surface area (Å²) >= 11 is 3.32. The molecule has 2 heterocycles. The minimum Gasteiger partial charge on any atom is -0.461 e. The summed E-state index contributed by atoms with van der Waals surface area (Å²) in [6, 6.07) is 3.41. The standard InChI is InChI=1S/C9H8BrN3O2/c1-2-15-9(14)7-4-3-6(10)8-12-11-5-13(7)8/h3-5H,2H2,1H3. The van der Waals surface area contributed by atoms with Gasteiger partial charge in [0.15, 0.2) is 5.65 Å². The molecule has 0 fully saturated rings. The van der Waals surface area contributed by atoms with E-state index in [0.717, 1.165) is 4.47 Å². The van der Waals surface area contributed by atoms with Crippen LogP contribution in [0.25, 0.3) is 5.65 Å². The monoisotopic (exact) mass is 269 g/mol. The molecule has 0 aliphatic carbocycles. The van der Waals surface area contributed by atoms with Gasteiger partial charge in [-0.05, 0) is 35.0 Å². The van der Waals surface area contributed by atoms with Gasteiger partial charge in [-0.25, -0.2) is 4.79 Å². The lowest BCUT2D eigenvalue weighted by Gasteiger charge is -2.04. The van der Waals surface area contributed by atoms with Gasteiger partial charge >= 0.3 is 5.97 Å². The summed E-state index contributed by atoms with van der Waals surface area (Å²) in [6.45, 7) is 2.11. The first kappa shape index (κ1) is 10.1. The number of carbonyl (C=O) groups is 1. The van der Waals surface area contributed by atoms with Gasteiger partial charge < -0.3 is 4.74 Å². The van der Waals surface area contributed by atoms with Crippen molar-refractivity contribution in [2.24, 2.45) is 0 Å². The Morgan fingerprint density at radius 3 is 3.13 bits per heavy atom. The predicted molar refractivity (Wildman–Crippen MR) is 56.6 cm³/mol. The maximum atomic E-state index is 11.6. The number of halogens is 1. The van der Waals surface area contributed by atoms with Crippen LogP contribution in [-0.4, -0.2) is 27.2 Å². The van der Waals surface area contributed by atoms with Crippen LogP contribution in [0.3, 0.4) is 0 Å². The minimum absolute atomic E-state index is 0.346. The summed E-state index contributed by atoms with van der Waals surface area (Å²) in [6.07, 6.45) is 1.48. The number of hydrogen-bond acceptors (Lipinski definition) is 4. The van der Waals surface area contributed by atoms with E-state index >= 15 is 0 Å². The second kappa shape index (κ2) is 3.98. The normalized spacial score (nSPS) is 10.5. The molecule has 0 aromatic carbocycles. The molecule has 78 valence electrons. The van der Waals surface area contributed by atoms with Crippen LogP contribution >= 0.6 is 15.9 Å². The molecule has 15 heavy (non-hydrogen) atoms. The molecule has 0 spiro atoms. The van der Waals surface area contributed by atoms with E-state index in [9.17, 15) is 4.79 Å². The van der Waals surface area contributed by atoms with Crippen LogP contribution in [0.15, 0.2) is 22.9 Å². The Kier molecular flexibility index (Phi) is 2.68. The van der Waals surface area contributed by atoms with E-state index < -0.39 is 0 Å². The molecule has 2 aromatic rings. The van der Waals surface area contributed by atoms with E-state index in [0.29, 0.717) is 17.9 Å². The minimum atomic E-state index is -0.380.